The second-order valence-corrected chi connectivity index (χ2v) is 9.44. The molecule has 4 unspecified atom stereocenters. The van der Waals surface area contributed by atoms with E-state index in [0.717, 1.165) is 11.8 Å². The van der Waals surface area contributed by atoms with Gasteiger partial charge in [-0.1, -0.05) is 55.7 Å². The Kier molecular flexibility index (Phi) is 3.26. The Bertz CT molecular complexity index is 591. The summed E-state index contributed by atoms with van der Waals surface area (Å²) in [5.41, 5.74) is 7.32. The van der Waals surface area contributed by atoms with Gasteiger partial charge >= 0.3 is 0 Å². The molecule has 0 spiro atoms. The van der Waals surface area contributed by atoms with Crippen molar-refractivity contribution < 1.29 is 0 Å². The minimum atomic E-state index is 0.259. The number of hydrogen-bond donors (Lipinski definition) is 0. The van der Waals surface area contributed by atoms with Crippen molar-refractivity contribution in [3.8, 4) is 0 Å². The molecule has 0 radical (unpaired) electrons. The minimum Gasteiger partial charge on any atom is -0.122 e. The van der Waals surface area contributed by atoms with Crippen molar-refractivity contribution in [3.05, 3.63) is 34.9 Å². The number of alkyl halides is 1. The van der Waals surface area contributed by atoms with Crippen LogP contribution >= 0.6 is 11.6 Å². The Labute approximate surface area is 140 Å². The summed E-state index contributed by atoms with van der Waals surface area (Å²) >= 11 is 6.81. The highest BCUT2D eigenvalue weighted by Crippen LogP contribution is 2.66. The van der Waals surface area contributed by atoms with E-state index >= 15 is 0 Å². The predicted molar refractivity (Wildman–Crippen MR) is 95.1 cm³/mol. The van der Waals surface area contributed by atoms with Crippen molar-refractivity contribution in [1.82, 2.24) is 0 Å². The molecule has 0 heterocycles. The summed E-state index contributed by atoms with van der Waals surface area (Å²) in [5, 5.41) is 0.331. The Morgan fingerprint density at radius 1 is 1.09 bits per heavy atom. The maximum Gasteiger partial charge on any atom is 0.0398 e. The van der Waals surface area contributed by atoms with Crippen LogP contribution in [-0.4, -0.2) is 5.38 Å². The second kappa shape index (κ2) is 4.76. The predicted octanol–water partition coefficient (Wildman–Crippen LogP) is 6.42. The summed E-state index contributed by atoms with van der Waals surface area (Å²) in [4.78, 5) is 0. The van der Waals surface area contributed by atoms with Gasteiger partial charge in [0.1, 0.15) is 0 Å². The molecule has 0 aromatic heterocycles. The molecule has 1 heteroatoms. The van der Waals surface area contributed by atoms with E-state index in [4.69, 9.17) is 11.6 Å². The normalized spacial score (nSPS) is 43.4. The van der Waals surface area contributed by atoms with Gasteiger partial charge in [0.05, 0.1) is 0 Å². The smallest absolute Gasteiger partial charge is 0.0398 e. The molecule has 4 aliphatic rings. The molecule has 0 amide bonds. The molecule has 1 fully saturated rings. The SMILES string of the molecule is C=C1C=C2CCC3=C(CCC4(C)C3CC(Cl)C4(C)C)C2CC1. The Morgan fingerprint density at radius 3 is 2.64 bits per heavy atom. The fourth-order valence-electron chi connectivity index (χ4n) is 5.98. The maximum atomic E-state index is 6.81. The molecule has 0 N–H and O–H groups in total. The lowest BCUT2D eigenvalue weighted by Gasteiger charge is -2.50. The van der Waals surface area contributed by atoms with Gasteiger partial charge in [0.25, 0.3) is 0 Å². The van der Waals surface area contributed by atoms with E-state index < -0.39 is 0 Å². The van der Waals surface area contributed by atoms with E-state index in [2.05, 4.69) is 33.4 Å². The van der Waals surface area contributed by atoms with Crippen LogP contribution in [0.4, 0.5) is 0 Å². The lowest BCUT2D eigenvalue weighted by Crippen LogP contribution is -2.42. The summed E-state index contributed by atoms with van der Waals surface area (Å²) in [7, 11) is 0. The van der Waals surface area contributed by atoms with Crippen molar-refractivity contribution >= 4 is 11.6 Å². The standard InChI is InChI=1S/C21H29Cl/c1-13-5-7-15-14(11-13)6-8-17-16(15)9-10-21(4)18(17)12-19(22)20(21,2)3/h11,15,18-19H,1,5-10,12H2,2-4H3. The molecule has 0 aliphatic heterocycles. The molecule has 4 rings (SSSR count). The monoisotopic (exact) mass is 316 g/mol. The largest absolute Gasteiger partial charge is 0.122 e. The fourth-order valence-corrected chi connectivity index (χ4v) is 6.40. The number of halogens is 1. The molecular weight excluding hydrogens is 288 g/mol. The van der Waals surface area contributed by atoms with Crippen LogP contribution in [0.3, 0.4) is 0 Å². The topological polar surface area (TPSA) is 0 Å². The van der Waals surface area contributed by atoms with E-state index in [1.54, 1.807) is 5.57 Å². The maximum absolute atomic E-state index is 6.81. The van der Waals surface area contributed by atoms with Gasteiger partial charge in [-0.05, 0) is 61.7 Å². The van der Waals surface area contributed by atoms with Crippen molar-refractivity contribution in [2.75, 3.05) is 0 Å². The van der Waals surface area contributed by atoms with E-state index in [1.165, 1.54) is 50.5 Å². The molecule has 4 atom stereocenters. The number of fused-ring (bicyclic) bond motifs is 4. The highest BCUT2D eigenvalue weighted by Gasteiger charge is 2.59. The van der Waals surface area contributed by atoms with Gasteiger partial charge in [0, 0.05) is 11.3 Å². The number of allylic oxidation sites excluding steroid dienone is 5. The van der Waals surface area contributed by atoms with E-state index in [1.807, 2.05) is 11.1 Å². The molecule has 1 saturated carbocycles. The summed E-state index contributed by atoms with van der Waals surface area (Å²) < 4.78 is 0. The van der Waals surface area contributed by atoms with Gasteiger partial charge in [-0.2, -0.15) is 0 Å². The first kappa shape index (κ1) is 15.1. The third-order valence-corrected chi connectivity index (χ3v) is 8.63. The zero-order chi connectivity index (χ0) is 15.7. The zero-order valence-electron chi connectivity index (χ0n) is 14.3. The number of rotatable bonds is 0. The van der Waals surface area contributed by atoms with Crippen molar-refractivity contribution in [2.45, 2.75) is 71.1 Å². The van der Waals surface area contributed by atoms with Gasteiger partial charge in [0.15, 0.2) is 0 Å². The Balaban J connectivity index is 1.76. The quantitative estimate of drug-likeness (QED) is 0.357. The van der Waals surface area contributed by atoms with Crippen LogP contribution in [0.25, 0.3) is 0 Å². The Morgan fingerprint density at radius 2 is 1.86 bits per heavy atom. The van der Waals surface area contributed by atoms with Gasteiger partial charge in [0.2, 0.25) is 0 Å². The third kappa shape index (κ3) is 1.83. The lowest BCUT2D eigenvalue weighted by molar-refractivity contribution is 0.0754. The first-order valence-corrected chi connectivity index (χ1v) is 9.52. The van der Waals surface area contributed by atoms with Crippen LogP contribution in [0, 0.1) is 22.7 Å². The fraction of sp³-hybridized carbons (Fsp3) is 0.714. The van der Waals surface area contributed by atoms with Crippen LogP contribution in [-0.2, 0) is 0 Å². The van der Waals surface area contributed by atoms with E-state index in [0.29, 0.717) is 10.8 Å². The van der Waals surface area contributed by atoms with Crippen molar-refractivity contribution in [1.29, 1.82) is 0 Å². The van der Waals surface area contributed by atoms with Crippen LogP contribution in [0.1, 0.15) is 65.7 Å². The third-order valence-electron chi connectivity index (χ3n) is 7.91. The average Bonchev–Trinajstić information content (AvgIpc) is 2.66. The van der Waals surface area contributed by atoms with Crippen molar-refractivity contribution in [3.63, 3.8) is 0 Å². The molecule has 0 nitrogen and oxygen atoms in total. The van der Waals surface area contributed by atoms with Gasteiger partial charge in [-0.15, -0.1) is 11.6 Å². The van der Waals surface area contributed by atoms with Gasteiger partial charge < -0.3 is 0 Å². The summed E-state index contributed by atoms with van der Waals surface area (Å²) in [6.45, 7) is 11.5. The zero-order valence-corrected chi connectivity index (χ0v) is 15.1. The first-order chi connectivity index (χ1) is 10.3. The lowest BCUT2D eigenvalue weighted by atomic mass is 9.55. The molecule has 0 aromatic carbocycles. The Hall–Kier alpha value is -0.490. The summed E-state index contributed by atoms with van der Waals surface area (Å²) in [5.74, 6) is 1.48. The molecule has 4 aliphatic carbocycles. The molecule has 0 saturated heterocycles. The van der Waals surface area contributed by atoms with Gasteiger partial charge in [-0.25, -0.2) is 0 Å². The molecule has 120 valence electrons. The molecular formula is C21H29Cl. The van der Waals surface area contributed by atoms with Crippen LogP contribution in [0.2, 0.25) is 0 Å². The summed E-state index contributed by atoms with van der Waals surface area (Å²) in [6.07, 6.45) is 11.3. The van der Waals surface area contributed by atoms with Crippen LogP contribution in [0.15, 0.2) is 34.9 Å². The summed E-state index contributed by atoms with van der Waals surface area (Å²) in [6, 6.07) is 0. The number of hydrogen-bond acceptors (Lipinski definition) is 0. The molecule has 22 heavy (non-hydrogen) atoms. The minimum absolute atomic E-state index is 0.259. The molecule has 0 aromatic rings. The van der Waals surface area contributed by atoms with Crippen LogP contribution in [0.5, 0.6) is 0 Å². The second-order valence-electron chi connectivity index (χ2n) is 8.91. The van der Waals surface area contributed by atoms with Crippen molar-refractivity contribution in [2.24, 2.45) is 22.7 Å². The molecule has 0 bridgehead atoms. The van der Waals surface area contributed by atoms with E-state index in [-0.39, 0.29) is 5.41 Å². The first-order valence-electron chi connectivity index (χ1n) is 9.09. The van der Waals surface area contributed by atoms with Crippen LogP contribution < -0.4 is 0 Å². The highest BCUT2D eigenvalue weighted by molar-refractivity contribution is 6.21. The van der Waals surface area contributed by atoms with E-state index in [9.17, 15) is 0 Å². The van der Waals surface area contributed by atoms with Gasteiger partial charge in [-0.3, -0.25) is 0 Å². The average molecular weight is 317 g/mol. The highest BCUT2D eigenvalue weighted by atomic mass is 35.5.